The van der Waals surface area contributed by atoms with Crippen molar-refractivity contribution in [3.05, 3.63) is 35.2 Å². The van der Waals surface area contributed by atoms with Gasteiger partial charge in [-0.3, -0.25) is 9.59 Å². The van der Waals surface area contributed by atoms with Gasteiger partial charge in [-0.15, -0.1) is 0 Å². The molecule has 2 unspecified atom stereocenters. The van der Waals surface area contributed by atoms with Crippen LogP contribution < -0.4 is 11.2 Å². The first kappa shape index (κ1) is 19.7. The zero-order valence-corrected chi connectivity index (χ0v) is 15.6. The van der Waals surface area contributed by atoms with E-state index >= 15 is 0 Å². The van der Waals surface area contributed by atoms with E-state index in [0.717, 1.165) is 0 Å². The van der Waals surface area contributed by atoms with E-state index in [-0.39, 0.29) is 46.3 Å². The second kappa shape index (κ2) is 7.35. The Labute approximate surface area is 152 Å². The summed E-state index contributed by atoms with van der Waals surface area (Å²) in [5.41, 5.74) is 0.669. The monoisotopic (exact) mass is 362 g/mol. The molecule has 1 aliphatic carbocycles. The third-order valence-electron chi connectivity index (χ3n) is 4.62. The van der Waals surface area contributed by atoms with Gasteiger partial charge in [0.15, 0.2) is 11.9 Å². The molecule has 1 amide bonds. The number of para-hydroxylation sites is 1. The highest BCUT2D eigenvalue weighted by molar-refractivity contribution is 6.11. The summed E-state index contributed by atoms with van der Waals surface area (Å²) in [7, 11) is 3.15. The first-order valence-corrected chi connectivity index (χ1v) is 8.38. The van der Waals surface area contributed by atoms with Gasteiger partial charge in [0.05, 0.1) is 16.9 Å². The van der Waals surface area contributed by atoms with Crippen molar-refractivity contribution in [3.63, 3.8) is 0 Å². The van der Waals surface area contributed by atoms with E-state index < -0.39 is 11.9 Å². The minimum absolute atomic E-state index is 0.106. The summed E-state index contributed by atoms with van der Waals surface area (Å²) in [6.07, 6.45) is -1.31. The average molecular weight is 362 g/mol. The number of rotatable bonds is 6. The molecule has 0 fully saturated rings. The number of hydrogen-bond donors (Lipinski definition) is 4. The quantitative estimate of drug-likeness (QED) is 0.337. The highest BCUT2D eigenvalue weighted by Gasteiger charge is 2.42. The van der Waals surface area contributed by atoms with Crippen LogP contribution in [0.1, 0.15) is 31.1 Å². The molecule has 0 aromatic heterocycles. The molecule has 2 rings (SSSR count). The van der Waals surface area contributed by atoms with Gasteiger partial charge in [-0.1, -0.05) is 19.9 Å². The Balaban J connectivity index is 2.39. The number of aliphatic hydroxyl groups is 1. The molecule has 0 aliphatic heterocycles. The van der Waals surface area contributed by atoms with E-state index in [1.54, 1.807) is 20.2 Å². The van der Waals surface area contributed by atoms with Crippen molar-refractivity contribution in [3.8, 4) is 5.75 Å². The van der Waals surface area contributed by atoms with Crippen LogP contribution in [0, 0.1) is 5.92 Å². The molecule has 142 valence electrons. The number of benzene rings is 1. The Morgan fingerprint density at radius 2 is 1.88 bits per heavy atom. The lowest BCUT2D eigenvalue weighted by Crippen LogP contribution is -2.53. The van der Waals surface area contributed by atoms with E-state index in [1.807, 2.05) is 20.8 Å². The van der Waals surface area contributed by atoms with E-state index in [2.05, 4.69) is 5.32 Å². The largest absolute Gasteiger partial charge is 0.505 e. The second-order valence-corrected chi connectivity index (χ2v) is 6.95. The molecule has 1 aromatic carbocycles. The number of hydrogen-bond acceptors (Lipinski definition) is 7. The fourth-order valence-corrected chi connectivity index (χ4v) is 2.58. The number of ketones is 1. The highest BCUT2D eigenvalue weighted by Crippen LogP contribution is 2.34. The van der Waals surface area contributed by atoms with Gasteiger partial charge in [0.25, 0.3) is 5.91 Å². The number of nitrogens with zero attached hydrogens (tertiary/aromatic N) is 2. The summed E-state index contributed by atoms with van der Waals surface area (Å²) in [4.78, 5) is 25.6. The molecule has 1 aliphatic rings. The van der Waals surface area contributed by atoms with Crippen LogP contribution >= 0.6 is 0 Å². The van der Waals surface area contributed by atoms with Crippen molar-refractivity contribution < 1.29 is 19.8 Å². The second-order valence-electron chi connectivity index (χ2n) is 6.95. The minimum atomic E-state index is -1.31. The predicted molar refractivity (Wildman–Crippen MR) is 98.1 cm³/mol. The smallest absolute Gasteiger partial charge is 0.257 e. The Bertz CT molecular complexity index is 758. The number of hydrazine groups is 1. The summed E-state index contributed by atoms with van der Waals surface area (Å²) < 4.78 is 0. The molecular weight excluding hydrogens is 336 g/mol. The lowest BCUT2D eigenvalue weighted by molar-refractivity contribution is -0.126. The third-order valence-corrected chi connectivity index (χ3v) is 4.62. The van der Waals surface area contributed by atoms with Crippen molar-refractivity contribution in [2.45, 2.75) is 32.9 Å². The molecule has 8 heteroatoms. The fourth-order valence-electron chi connectivity index (χ4n) is 2.58. The SMILES string of the molecule is CC(C)C(C)N(N)C1=C(Nc2cccc(C(=O)N(C)C)c2O)C(=O)C1O. The molecule has 0 spiro atoms. The summed E-state index contributed by atoms with van der Waals surface area (Å²) in [5, 5.41) is 24.6. The molecular formula is C18H26N4O4. The number of anilines is 1. The van der Waals surface area contributed by atoms with Crippen LogP contribution in [-0.2, 0) is 4.79 Å². The molecule has 26 heavy (non-hydrogen) atoms. The van der Waals surface area contributed by atoms with Crippen molar-refractivity contribution in [2.24, 2.45) is 11.8 Å². The maximum atomic E-state index is 12.1. The molecule has 0 radical (unpaired) electrons. The van der Waals surface area contributed by atoms with Gasteiger partial charge in [0.2, 0.25) is 5.78 Å². The topological polar surface area (TPSA) is 119 Å². The maximum absolute atomic E-state index is 12.1. The first-order chi connectivity index (χ1) is 12.1. The van der Waals surface area contributed by atoms with E-state index in [0.29, 0.717) is 0 Å². The predicted octanol–water partition coefficient (Wildman–Crippen LogP) is 0.881. The lowest BCUT2D eigenvalue weighted by Gasteiger charge is -2.39. The summed E-state index contributed by atoms with van der Waals surface area (Å²) >= 11 is 0. The lowest BCUT2D eigenvalue weighted by atomic mass is 9.92. The fraction of sp³-hybridized carbons (Fsp3) is 0.444. The minimum Gasteiger partial charge on any atom is -0.505 e. The molecule has 0 saturated carbocycles. The van der Waals surface area contributed by atoms with Crippen LogP contribution in [-0.4, -0.2) is 58.1 Å². The molecule has 5 N–H and O–H groups in total. The van der Waals surface area contributed by atoms with Gasteiger partial charge < -0.3 is 25.4 Å². The zero-order valence-electron chi connectivity index (χ0n) is 15.6. The van der Waals surface area contributed by atoms with Gasteiger partial charge in [-0.2, -0.15) is 0 Å². The number of phenols is 1. The van der Waals surface area contributed by atoms with Crippen molar-refractivity contribution in [1.82, 2.24) is 9.91 Å². The van der Waals surface area contributed by atoms with Gasteiger partial charge in [-0.05, 0) is 25.0 Å². The van der Waals surface area contributed by atoms with E-state index in [9.17, 15) is 19.8 Å². The third kappa shape index (κ3) is 3.38. The molecule has 0 bridgehead atoms. The van der Waals surface area contributed by atoms with Crippen molar-refractivity contribution in [1.29, 1.82) is 0 Å². The molecule has 8 nitrogen and oxygen atoms in total. The van der Waals surface area contributed by atoms with E-state index in [1.165, 1.54) is 22.0 Å². The number of phenolic OH excluding ortho intramolecular Hbond substituents is 1. The number of aliphatic hydroxyl groups excluding tert-OH is 1. The standard InChI is InChI=1S/C18H26N4O4/c1-9(2)10(3)22(19)14-13(16(24)17(14)25)20-12-8-6-7-11(15(12)23)18(26)21(4)5/h6-10,17,20,23,25H,19H2,1-5H3. The summed E-state index contributed by atoms with van der Waals surface area (Å²) in [6.45, 7) is 5.85. The van der Waals surface area contributed by atoms with E-state index in [4.69, 9.17) is 5.84 Å². The average Bonchev–Trinajstić information content (AvgIpc) is 2.60. The zero-order chi connectivity index (χ0) is 19.8. The van der Waals surface area contributed by atoms with Crippen LogP contribution in [0.2, 0.25) is 0 Å². The number of carbonyl (C=O) groups is 2. The normalized spacial score (nSPS) is 17.8. The van der Waals surface area contributed by atoms with Gasteiger partial charge in [0, 0.05) is 20.1 Å². The number of carbonyl (C=O) groups excluding carboxylic acids is 2. The Morgan fingerprint density at radius 1 is 1.27 bits per heavy atom. The number of aromatic hydroxyl groups is 1. The Morgan fingerprint density at radius 3 is 2.42 bits per heavy atom. The van der Waals surface area contributed by atoms with Crippen LogP contribution in [0.15, 0.2) is 29.6 Å². The van der Waals surface area contributed by atoms with Crippen LogP contribution in [0.25, 0.3) is 0 Å². The van der Waals surface area contributed by atoms with Crippen molar-refractivity contribution in [2.75, 3.05) is 19.4 Å². The number of nitrogens with two attached hydrogens (primary N) is 1. The highest BCUT2D eigenvalue weighted by atomic mass is 16.3. The first-order valence-electron chi connectivity index (χ1n) is 8.38. The number of nitrogens with one attached hydrogen (secondary N) is 1. The van der Waals surface area contributed by atoms with Crippen LogP contribution in [0.5, 0.6) is 5.75 Å². The Kier molecular flexibility index (Phi) is 5.58. The maximum Gasteiger partial charge on any atom is 0.257 e. The van der Waals surface area contributed by atoms with Gasteiger partial charge >= 0.3 is 0 Å². The van der Waals surface area contributed by atoms with Gasteiger partial charge in [-0.25, -0.2) is 5.84 Å². The summed E-state index contributed by atoms with van der Waals surface area (Å²) in [6, 6.07) is 4.51. The molecule has 1 aromatic rings. The van der Waals surface area contributed by atoms with Crippen LogP contribution in [0.4, 0.5) is 5.69 Å². The van der Waals surface area contributed by atoms with Gasteiger partial charge in [0.1, 0.15) is 5.70 Å². The molecule has 0 saturated heterocycles. The summed E-state index contributed by atoms with van der Waals surface area (Å²) in [5.74, 6) is 5.12. The van der Waals surface area contributed by atoms with Crippen LogP contribution in [0.3, 0.4) is 0 Å². The number of amides is 1. The molecule has 2 atom stereocenters. The van der Waals surface area contributed by atoms with Crippen molar-refractivity contribution >= 4 is 17.4 Å². The number of Topliss-reactive ketones (excluding diaryl/α,β-unsaturated/α-hetero) is 1. The molecule has 0 heterocycles. The Hall–Kier alpha value is -2.58.